The predicted octanol–water partition coefficient (Wildman–Crippen LogP) is 2.48. The molecule has 54 valence electrons. The molecule has 0 bridgehead atoms. The van der Waals surface area contributed by atoms with Crippen molar-refractivity contribution in [2.45, 2.75) is 20.8 Å². The second-order valence-corrected chi connectivity index (χ2v) is 3.05. The smallest absolute Gasteiger partial charge is 0.0290 e. The summed E-state index contributed by atoms with van der Waals surface area (Å²) in [5.41, 5.74) is -0.140. The summed E-state index contributed by atoms with van der Waals surface area (Å²) < 4.78 is 0. The Hall–Kier alpha value is -0.440. The molecule has 0 spiro atoms. The van der Waals surface area contributed by atoms with Gasteiger partial charge in [0.05, 0.1) is 0 Å². The highest BCUT2D eigenvalue weighted by Gasteiger charge is 2.14. The van der Waals surface area contributed by atoms with E-state index in [2.05, 4.69) is 12.8 Å². The molecule has 0 aliphatic heterocycles. The Kier molecular flexibility index (Phi) is 3.50. The van der Waals surface area contributed by atoms with Gasteiger partial charge < -0.3 is 0 Å². The maximum Gasteiger partial charge on any atom is 0.0290 e. The van der Waals surface area contributed by atoms with Crippen molar-refractivity contribution in [2.24, 2.45) is 5.41 Å². The minimum absolute atomic E-state index is 0.140. The molecule has 4 radical (unpaired) electrons. The Morgan fingerprint density at radius 2 is 2.10 bits per heavy atom. The van der Waals surface area contributed by atoms with Gasteiger partial charge in [-0.3, -0.25) is 0 Å². The maximum atomic E-state index is 5.26. The quantitative estimate of drug-likeness (QED) is 0.520. The van der Waals surface area contributed by atoms with Crippen molar-refractivity contribution in [1.29, 1.82) is 0 Å². The van der Waals surface area contributed by atoms with Crippen LogP contribution >= 0.6 is 0 Å². The van der Waals surface area contributed by atoms with Crippen molar-refractivity contribution in [3.8, 4) is 12.3 Å². The van der Waals surface area contributed by atoms with Crippen LogP contribution in [0.4, 0.5) is 0 Å². The molecule has 0 aliphatic rings. The van der Waals surface area contributed by atoms with E-state index in [0.717, 1.165) is 5.92 Å². The average Bonchev–Trinajstić information content (AvgIpc) is 1.85. The zero-order valence-electron chi connectivity index (χ0n) is 6.94. The Morgan fingerprint density at radius 3 is 2.40 bits per heavy atom. The first kappa shape index (κ1) is 9.56. The molecule has 0 rings (SSSR count). The van der Waals surface area contributed by atoms with Crippen LogP contribution in [0.2, 0.25) is 0 Å². The number of hydrogen-bond donors (Lipinski definition) is 0. The van der Waals surface area contributed by atoms with Crippen molar-refractivity contribution < 1.29 is 0 Å². The van der Waals surface area contributed by atoms with Gasteiger partial charge in [-0.25, -0.2) is 0 Å². The maximum absolute atomic E-state index is 5.26. The number of hydrogen-bond acceptors (Lipinski definition) is 0. The molecule has 0 saturated carbocycles. The summed E-state index contributed by atoms with van der Waals surface area (Å²) >= 11 is 0. The minimum Gasteiger partial charge on any atom is -0.120 e. The van der Waals surface area contributed by atoms with Gasteiger partial charge in [-0.05, 0) is 39.5 Å². The molecule has 0 aromatic heterocycles. The highest BCUT2D eigenvalue weighted by molar-refractivity contribution is 5.19. The SMILES string of the molecule is C#CC(C)(C)[CH][CH][C]([CH2])C. The van der Waals surface area contributed by atoms with Crippen LogP contribution in [0.3, 0.4) is 0 Å². The second-order valence-electron chi connectivity index (χ2n) is 3.05. The van der Waals surface area contributed by atoms with E-state index in [-0.39, 0.29) is 5.41 Å². The largest absolute Gasteiger partial charge is 0.120 e. The van der Waals surface area contributed by atoms with E-state index in [1.165, 1.54) is 0 Å². The van der Waals surface area contributed by atoms with Gasteiger partial charge in [-0.1, -0.05) is 6.92 Å². The molecule has 0 nitrogen and oxygen atoms in total. The molecular formula is C10H14. The molecule has 0 N–H and O–H groups in total. The first-order chi connectivity index (χ1) is 4.48. The molecule has 0 fully saturated rings. The van der Waals surface area contributed by atoms with Gasteiger partial charge in [0.1, 0.15) is 0 Å². The Morgan fingerprint density at radius 1 is 1.60 bits per heavy atom. The predicted molar refractivity (Wildman–Crippen MR) is 45.5 cm³/mol. The molecule has 0 atom stereocenters. The number of terminal acetylenes is 1. The fourth-order valence-corrected chi connectivity index (χ4v) is 0.399. The third-order valence-electron chi connectivity index (χ3n) is 1.16. The first-order valence-corrected chi connectivity index (χ1v) is 3.30. The molecule has 0 aliphatic carbocycles. The van der Waals surface area contributed by atoms with E-state index in [0.29, 0.717) is 0 Å². The zero-order chi connectivity index (χ0) is 8.20. The topological polar surface area (TPSA) is 0 Å². The first-order valence-electron chi connectivity index (χ1n) is 3.30. The van der Waals surface area contributed by atoms with Gasteiger partial charge in [-0.2, -0.15) is 0 Å². The van der Waals surface area contributed by atoms with Crippen LogP contribution in [0, 0.1) is 43.4 Å². The zero-order valence-corrected chi connectivity index (χ0v) is 6.94. The van der Waals surface area contributed by atoms with Crippen LogP contribution in [0.5, 0.6) is 0 Å². The lowest BCUT2D eigenvalue weighted by Gasteiger charge is -2.16. The Balaban J connectivity index is 3.60. The van der Waals surface area contributed by atoms with E-state index in [1.54, 1.807) is 0 Å². The molecule has 0 aromatic carbocycles. The number of rotatable bonds is 3. The van der Waals surface area contributed by atoms with E-state index in [4.69, 9.17) is 6.42 Å². The molecule has 0 unspecified atom stereocenters. The van der Waals surface area contributed by atoms with Crippen LogP contribution in [-0.2, 0) is 0 Å². The lowest BCUT2D eigenvalue weighted by atomic mass is 9.86. The molecule has 0 heteroatoms. The average molecular weight is 134 g/mol. The fourth-order valence-electron chi connectivity index (χ4n) is 0.399. The van der Waals surface area contributed by atoms with Crippen molar-refractivity contribution in [2.75, 3.05) is 0 Å². The lowest BCUT2D eigenvalue weighted by molar-refractivity contribution is 0.604. The van der Waals surface area contributed by atoms with Crippen LogP contribution in [0.25, 0.3) is 0 Å². The monoisotopic (exact) mass is 134 g/mol. The van der Waals surface area contributed by atoms with E-state index in [1.807, 2.05) is 33.6 Å². The molecule has 10 heavy (non-hydrogen) atoms. The van der Waals surface area contributed by atoms with Crippen LogP contribution < -0.4 is 0 Å². The van der Waals surface area contributed by atoms with Crippen molar-refractivity contribution in [1.82, 2.24) is 0 Å². The van der Waals surface area contributed by atoms with Crippen molar-refractivity contribution >= 4 is 0 Å². The fraction of sp³-hybridized carbons (Fsp3) is 0.400. The van der Waals surface area contributed by atoms with Crippen LogP contribution in [0.1, 0.15) is 20.8 Å². The molecule has 0 heterocycles. The molecule has 0 aromatic rings. The van der Waals surface area contributed by atoms with Crippen molar-refractivity contribution in [3.05, 3.63) is 25.7 Å². The third kappa shape index (κ3) is 4.44. The highest BCUT2D eigenvalue weighted by Crippen LogP contribution is 2.21. The van der Waals surface area contributed by atoms with Gasteiger partial charge in [-0.15, -0.1) is 12.3 Å². The standard InChI is InChI=1S/C10H14/c1-6-10(4,5)8-7-9(2)3/h1,7-8H,2H2,3-5H3. The lowest BCUT2D eigenvalue weighted by Crippen LogP contribution is -2.09. The van der Waals surface area contributed by atoms with Gasteiger partial charge in [0, 0.05) is 5.41 Å². The minimum atomic E-state index is -0.140. The normalized spacial score (nSPS) is 11.6. The second kappa shape index (κ2) is 3.66. The van der Waals surface area contributed by atoms with Gasteiger partial charge in [0.15, 0.2) is 0 Å². The van der Waals surface area contributed by atoms with Gasteiger partial charge in [0.25, 0.3) is 0 Å². The van der Waals surface area contributed by atoms with E-state index >= 15 is 0 Å². The van der Waals surface area contributed by atoms with E-state index in [9.17, 15) is 0 Å². The summed E-state index contributed by atoms with van der Waals surface area (Å²) in [6, 6.07) is 0. The summed E-state index contributed by atoms with van der Waals surface area (Å²) in [5.74, 6) is 3.70. The van der Waals surface area contributed by atoms with Crippen LogP contribution in [0.15, 0.2) is 0 Å². The Labute approximate surface area is 65.0 Å². The summed E-state index contributed by atoms with van der Waals surface area (Å²) in [5, 5.41) is 0. The highest BCUT2D eigenvalue weighted by atomic mass is 14.2. The van der Waals surface area contributed by atoms with Crippen LogP contribution in [-0.4, -0.2) is 0 Å². The summed E-state index contributed by atoms with van der Waals surface area (Å²) in [7, 11) is 0. The molecule has 0 saturated heterocycles. The third-order valence-corrected chi connectivity index (χ3v) is 1.16. The van der Waals surface area contributed by atoms with Gasteiger partial charge >= 0.3 is 0 Å². The summed E-state index contributed by atoms with van der Waals surface area (Å²) in [4.78, 5) is 0. The molecular weight excluding hydrogens is 120 g/mol. The van der Waals surface area contributed by atoms with Gasteiger partial charge in [0.2, 0.25) is 0 Å². The van der Waals surface area contributed by atoms with E-state index < -0.39 is 0 Å². The summed E-state index contributed by atoms with van der Waals surface area (Å²) in [6.45, 7) is 9.67. The molecule has 0 amide bonds. The van der Waals surface area contributed by atoms with Crippen molar-refractivity contribution in [3.63, 3.8) is 0 Å². The summed E-state index contributed by atoms with van der Waals surface area (Å²) in [6.07, 6.45) is 9.19. The Bertz CT molecular complexity index is 123.